The molecule has 1 N–H and O–H groups in total. The third-order valence-corrected chi connectivity index (χ3v) is 3.88. The molecule has 2 fully saturated rings. The van der Waals surface area contributed by atoms with E-state index in [1.54, 1.807) is 0 Å². The molecule has 20 heavy (non-hydrogen) atoms. The first-order valence-corrected chi connectivity index (χ1v) is 7.72. The zero-order chi connectivity index (χ0) is 14.6. The molecule has 1 amide bonds. The Morgan fingerprint density at radius 1 is 1.30 bits per heavy atom. The van der Waals surface area contributed by atoms with Crippen LogP contribution >= 0.6 is 0 Å². The van der Waals surface area contributed by atoms with E-state index in [2.05, 4.69) is 10.2 Å². The summed E-state index contributed by atoms with van der Waals surface area (Å²) in [6, 6.07) is 0.274. The first kappa shape index (κ1) is 15.6. The topological polar surface area (TPSA) is 50.8 Å². The second-order valence-electron chi connectivity index (χ2n) is 6.94. The highest BCUT2D eigenvalue weighted by Gasteiger charge is 2.29. The van der Waals surface area contributed by atoms with Crippen molar-refractivity contribution in [2.24, 2.45) is 5.92 Å². The number of hydrogen-bond donors (Lipinski definition) is 1. The Bertz CT molecular complexity index is 322. The van der Waals surface area contributed by atoms with Gasteiger partial charge in [-0.05, 0) is 46.0 Å². The van der Waals surface area contributed by atoms with Crippen LogP contribution in [0, 0.1) is 5.92 Å². The Morgan fingerprint density at radius 2 is 2.00 bits per heavy atom. The summed E-state index contributed by atoms with van der Waals surface area (Å²) in [5, 5.41) is 3.00. The summed E-state index contributed by atoms with van der Waals surface area (Å²) in [4.78, 5) is 14.2. The van der Waals surface area contributed by atoms with E-state index < -0.39 is 5.60 Å². The zero-order valence-corrected chi connectivity index (χ0v) is 13.0. The highest BCUT2D eigenvalue weighted by Crippen LogP contribution is 2.27. The van der Waals surface area contributed by atoms with Gasteiger partial charge < -0.3 is 14.8 Å². The summed E-state index contributed by atoms with van der Waals surface area (Å²) >= 11 is 0. The summed E-state index contributed by atoms with van der Waals surface area (Å²) in [5.74, 6) is 0.688. The van der Waals surface area contributed by atoms with Crippen LogP contribution in [0.5, 0.6) is 0 Å². The van der Waals surface area contributed by atoms with E-state index in [1.807, 2.05) is 20.8 Å². The van der Waals surface area contributed by atoms with E-state index in [1.165, 1.54) is 6.42 Å². The molecule has 1 aliphatic heterocycles. The lowest BCUT2D eigenvalue weighted by Crippen LogP contribution is -2.40. The van der Waals surface area contributed by atoms with Gasteiger partial charge in [0.1, 0.15) is 5.60 Å². The van der Waals surface area contributed by atoms with Gasteiger partial charge in [0.25, 0.3) is 0 Å². The SMILES string of the molecule is CC(C)(C)OC(=O)NC1CCC(CN2CCOCC2)C1. The maximum Gasteiger partial charge on any atom is 0.407 e. The molecule has 1 heterocycles. The zero-order valence-electron chi connectivity index (χ0n) is 13.0. The van der Waals surface area contributed by atoms with Gasteiger partial charge in [-0.25, -0.2) is 4.79 Å². The van der Waals surface area contributed by atoms with Crippen molar-refractivity contribution in [2.75, 3.05) is 32.8 Å². The number of nitrogens with one attached hydrogen (secondary N) is 1. The molecule has 0 spiro atoms. The predicted octanol–water partition coefficient (Wildman–Crippen LogP) is 2.01. The van der Waals surface area contributed by atoms with Crippen molar-refractivity contribution in [3.8, 4) is 0 Å². The molecule has 0 aromatic heterocycles. The quantitative estimate of drug-likeness (QED) is 0.861. The number of carbonyl (C=O) groups is 1. The average Bonchev–Trinajstić information content (AvgIpc) is 2.75. The second-order valence-corrected chi connectivity index (χ2v) is 6.94. The summed E-state index contributed by atoms with van der Waals surface area (Å²) in [6.07, 6.45) is 3.04. The minimum atomic E-state index is -0.421. The van der Waals surface area contributed by atoms with Crippen LogP contribution in [0.3, 0.4) is 0 Å². The van der Waals surface area contributed by atoms with Gasteiger partial charge in [-0.3, -0.25) is 4.90 Å². The lowest BCUT2D eigenvalue weighted by atomic mass is 10.1. The van der Waals surface area contributed by atoms with Crippen LogP contribution in [0.15, 0.2) is 0 Å². The van der Waals surface area contributed by atoms with E-state index in [0.717, 1.165) is 45.7 Å². The number of carbonyl (C=O) groups excluding carboxylic acids is 1. The minimum Gasteiger partial charge on any atom is -0.444 e. The van der Waals surface area contributed by atoms with Crippen LogP contribution in [-0.2, 0) is 9.47 Å². The van der Waals surface area contributed by atoms with E-state index in [-0.39, 0.29) is 12.1 Å². The maximum absolute atomic E-state index is 11.8. The van der Waals surface area contributed by atoms with Crippen molar-refractivity contribution in [1.82, 2.24) is 10.2 Å². The molecule has 0 radical (unpaired) electrons. The Hall–Kier alpha value is -0.810. The Balaban J connectivity index is 1.68. The lowest BCUT2D eigenvalue weighted by Gasteiger charge is -2.29. The van der Waals surface area contributed by atoms with Crippen LogP contribution in [0.2, 0.25) is 0 Å². The summed E-state index contributed by atoms with van der Waals surface area (Å²) in [6.45, 7) is 10.6. The molecule has 1 saturated heterocycles. The van der Waals surface area contributed by atoms with Gasteiger partial charge in [-0.2, -0.15) is 0 Å². The average molecular weight is 284 g/mol. The number of nitrogens with zero attached hydrogens (tertiary/aromatic N) is 1. The summed E-state index contributed by atoms with van der Waals surface area (Å²) in [7, 11) is 0. The highest BCUT2D eigenvalue weighted by atomic mass is 16.6. The standard InChI is InChI=1S/C15H28N2O3/c1-15(2,3)20-14(18)16-13-5-4-12(10-13)11-17-6-8-19-9-7-17/h12-13H,4-11H2,1-3H3,(H,16,18). The van der Waals surface area contributed by atoms with Gasteiger partial charge in [-0.1, -0.05) is 0 Å². The van der Waals surface area contributed by atoms with Gasteiger partial charge in [0.05, 0.1) is 13.2 Å². The fraction of sp³-hybridized carbons (Fsp3) is 0.933. The molecule has 2 rings (SSSR count). The smallest absolute Gasteiger partial charge is 0.407 e. The number of hydrogen-bond acceptors (Lipinski definition) is 4. The van der Waals surface area contributed by atoms with Gasteiger partial charge in [0, 0.05) is 25.7 Å². The number of alkyl carbamates (subject to hydrolysis) is 1. The molecule has 2 aliphatic rings. The molecular formula is C15H28N2O3. The maximum atomic E-state index is 11.8. The molecule has 5 heteroatoms. The molecule has 5 nitrogen and oxygen atoms in total. The van der Waals surface area contributed by atoms with E-state index in [4.69, 9.17) is 9.47 Å². The Kier molecular flexibility index (Phi) is 5.27. The van der Waals surface area contributed by atoms with Gasteiger partial charge in [-0.15, -0.1) is 0 Å². The normalized spacial score (nSPS) is 28.4. The van der Waals surface area contributed by atoms with Crippen LogP contribution in [-0.4, -0.2) is 55.5 Å². The van der Waals surface area contributed by atoms with Crippen molar-refractivity contribution in [3.05, 3.63) is 0 Å². The Labute approximate surface area is 122 Å². The van der Waals surface area contributed by atoms with E-state index in [0.29, 0.717) is 5.92 Å². The molecule has 1 saturated carbocycles. The van der Waals surface area contributed by atoms with Crippen LogP contribution in [0.4, 0.5) is 4.79 Å². The van der Waals surface area contributed by atoms with Crippen LogP contribution in [0.1, 0.15) is 40.0 Å². The van der Waals surface area contributed by atoms with Gasteiger partial charge >= 0.3 is 6.09 Å². The van der Waals surface area contributed by atoms with Crippen LogP contribution < -0.4 is 5.32 Å². The molecule has 1 aliphatic carbocycles. The fourth-order valence-electron chi connectivity index (χ4n) is 2.99. The number of amides is 1. The summed E-state index contributed by atoms with van der Waals surface area (Å²) in [5.41, 5.74) is -0.421. The molecule has 2 unspecified atom stereocenters. The molecule has 2 atom stereocenters. The molecule has 0 aromatic rings. The van der Waals surface area contributed by atoms with Crippen molar-refractivity contribution < 1.29 is 14.3 Å². The molecule has 0 bridgehead atoms. The van der Waals surface area contributed by atoms with E-state index >= 15 is 0 Å². The van der Waals surface area contributed by atoms with Gasteiger partial charge in [0.2, 0.25) is 0 Å². The highest BCUT2D eigenvalue weighted by molar-refractivity contribution is 5.68. The largest absolute Gasteiger partial charge is 0.444 e. The minimum absolute atomic E-state index is 0.274. The lowest BCUT2D eigenvalue weighted by molar-refractivity contribution is 0.0308. The van der Waals surface area contributed by atoms with E-state index in [9.17, 15) is 4.79 Å². The van der Waals surface area contributed by atoms with Crippen LogP contribution in [0.25, 0.3) is 0 Å². The molecule has 116 valence electrons. The molecular weight excluding hydrogens is 256 g/mol. The first-order valence-electron chi connectivity index (χ1n) is 7.72. The van der Waals surface area contributed by atoms with Crippen molar-refractivity contribution in [1.29, 1.82) is 0 Å². The monoisotopic (exact) mass is 284 g/mol. The molecule has 0 aromatic carbocycles. The fourth-order valence-corrected chi connectivity index (χ4v) is 2.99. The van der Waals surface area contributed by atoms with Crippen molar-refractivity contribution >= 4 is 6.09 Å². The third-order valence-electron chi connectivity index (χ3n) is 3.88. The number of rotatable bonds is 3. The first-order chi connectivity index (χ1) is 9.42. The van der Waals surface area contributed by atoms with Crippen molar-refractivity contribution in [2.45, 2.75) is 51.7 Å². The summed E-state index contributed by atoms with van der Waals surface area (Å²) < 4.78 is 10.7. The number of morpholine rings is 1. The van der Waals surface area contributed by atoms with Crippen molar-refractivity contribution in [3.63, 3.8) is 0 Å². The third kappa shape index (κ3) is 5.29. The Morgan fingerprint density at radius 3 is 2.65 bits per heavy atom. The number of ether oxygens (including phenoxy) is 2. The second kappa shape index (κ2) is 6.76. The predicted molar refractivity (Wildman–Crippen MR) is 77.8 cm³/mol. The van der Waals surface area contributed by atoms with Gasteiger partial charge in [0.15, 0.2) is 0 Å².